The number of halogens is 2. The lowest BCUT2D eigenvalue weighted by Gasteiger charge is -1.91. The van der Waals surface area contributed by atoms with Crippen LogP contribution < -0.4 is 0 Å². The lowest BCUT2D eigenvalue weighted by molar-refractivity contribution is 1.08. The average Bonchev–Trinajstić information content (AvgIpc) is 2.59. The van der Waals surface area contributed by atoms with Crippen molar-refractivity contribution in [3.63, 3.8) is 0 Å². The number of aromatic amines is 1. The van der Waals surface area contributed by atoms with E-state index in [4.69, 9.17) is 23.2 Å². The zero-order valence-corrected chi connectivity index (χ0v) is 8.55. The number of nitrogens with zero attached hydrogens (tertiary/aromatic N) is 3. The van der Waals surface area contributed by atoms with Crippen LogP contribution in [0.2, 0.25) is 5.15 Å². The van der Waals surface area contributed by atoms with Crippen molar-refractivity contribution in [1.82, 2.24) is 20.2 Å². The Hall–Kier alpha value is -1.13. The maximum absolute atomic E-state index is 5.90. The second-order valence-corrected chi connectivity index (χ2v) is 3.22. The molecular weight excluding hydrogens is 223 g/mol. The topological polar surface area (TPSA) is 54.5 Å². The Morgan fingerprint density at radius 3 is 3.07 bits per heavy atom. The molecule has 0 saturated carbocycles. The van der Waals surface area contributed by atoms with Crippen molar-refractivity contribution in [2.45, 2.75) is 0 Å². The molecule has 2 aromatic heterocycles. The van der Waals surface area contributed by atoms with Gasteiger partial charge in [0.25, 0.3) is 0 Å². The summed E-state index contributed by atoms with van der Waals surface area (Å²) in [5.74, 6) is 0.436. The molecule has 0 saturated heterocycles. The van der Waals surface area contributed by atoms with E-state index in [0.717, 1.165) is 11.1 Å². The fourth-order valence-electron chi connectivity index (χ4n) is 1.12. The fourth-order valence-corrected chi connectivity index (χ4v) is 1.44. The number of H-pyrrole nitrogens is 1. The third kappa shape index (κ3) is 1.58. The molecule has 2 aromatic rings. The van der Waals surface area contributed by atoms with E-state index >= 15 is 0 Å². The Morgan fingerprint density at radius 1 is 1.43 bits per heavy atom. The molecule has 72 valence electrons. The Morgan fingerprint density at radius 2 is 2.29 bits per heavy atom. The Kier molecular flexibility index (Phi) is 2.65. The minimum Gasteiger partial charge on any atom is -0.276 e. The van der Waals surface area contributed by atoms with Crippen molar-refractivity contribution >= 4 is 40.3 Å². The van der Waals surface area contributed by atoms with Crippen LogP contribution in [0.4, 0.5) is 0 Å². The zero-order valence-electron chi connectivity index (χ0n) is 7.04. The highest BCUT2D eigenvalue weighted by atomic mass is 35.5. The third-order valence-corrected chi connectivity index (χ3v) is 2.17. The first-order valence-electron chi connectivity index (χ1n) is 3.90. The third-order valence-electron chi connectivity index (χ3n) is 1.71. The first kappa shape index (κ1) is 9.43. The van der Waals surface area contributed by atoms with Gasteiger partial charge in [0, 0.05) is 5.88 Å². The standard InChI is InChI=1S/C8H6Cl2N4/c9-3-1-2-5-6-7(10)11-4-12-8(6)14-13-5/h1-2,4H,3H2,(H,11,12,13,14). The van der Waals surface area contributed by atoms with Crippen molar-refractivity contribution < 1.29 is 0 Å². The predicted octanol–water partition coefficient (Wildman–Crippen LogP) is 2.26. The molecule has 0 aliphatic carbocycles. The molecule has 0 spiro atoms. The van der Waals surface area contributed by atoms with Crippen LogP contribution in [-0.4, -0.2) is 26.0 Å². The van der Waals surface area contributed by atoms with Crippen LogP contribution in [0.15, 0.2) is 12.4 Å². The molecule has 0 fully saturated rings. The highest BCUT2D eigenvalue weighted by molar-refractivity contribution is 6.34. The van der Waals surface area contributed by atoms with E-state index in [9.17, 15) is 0 Å². The Labute approximate surface area is 90.0 Å². The number of aromatic nitrogens is 4. The van der Waals surface area contributed by atoms with Crippen LogP contribution in [0, 0.1) is 0 Å². The monoisotopic (exact) mass is 228 g/mol. The summed E-state index contributed by atoms with van der Waals surface area (Å²) < 4.78 is 0. The van der Waals surface area contributed by atoms with Gasteiger partial charge in [0.15, 0.2) is 5.65 Å². The van der Waals surface area contributed by atoms with Gasteiger partial charge >= 0.3 is 0 Å². The van der Waals surface area contributed by atoms with Crippen LogP contribution >= 0.6 is 23.2 Å². The van der Waals surface area contributed by atoms with Crippen LogP contribution in [-0.2, 0) is 0 Å². The maximum atomic E-state index is 5.90. The molecule has 0 bridgehead atoms. The van der Waals surface area contributed by atoms with Gasteiger partial charge in [0.2, 0.25) is 0 Å². The fraction of sp³-hybridized carbons (Fsp3) is 0.125. The Bertz CT molecular complexity index is 477. The molecule has 0 aromatic carbocycles. The molecule has 0 amide bonds. The molecule has 0 radical (unpaired) electrons. The van der Waals surface area contributed by atoms with E-state index in [1.165, 1.54) is 6.33 Å². The minimum atomic E-state index is 0.387. The van der Waals surface area contributed by atoms with Gasteiger partial charge in [-0.15, -0.1) is 11.6 Å². The number of rotatable bonds is 2. The molecule has 14 heavy (non-hydrogen) atoms. The zero-order chi connectivity index (χ0) is 9.97. The van der Waals surface area contributed by atoms with Crippen LogP contribution in [0.3, 0.4) is 0 Å². The van der Waals surface area contributed by atoms with Crippen LogP contribution in [0.1, 0.15) is 5.69 Å². The minimum absolute atomic E-state index is 0.387. The summed E-state index contributed by atoms with van der Waals surface area (Å²) >= 11 is 11.4. The second-order valence-electron chi connectivity index (χ2n) is 2.56. The quantitative estimate of drug-likeness (QED) is 0.634. The molecule has 0 aliphatic heterocycles. The van der Waals surface area contributed by atoms with Gasteiger partial charge in [-0.2, -0.15) is 5.10 Å². The average molecular weight is 229 g/mol. The number of fused-ring (bicyclic) bond motifs is 1. The maximum Gasteiger partial charge on any atom is 0.186 e. The molecule has 0 atom stereocenters. The lowest BCUT2D eigenvalue weighted by Crippen LogP contribution is -1.81. The van der Waals surface area contributed by atoms with Gasteiger partial charge in [-0.05, 0) is 6.08 Å². The lowest BCUT2D eigenvalue weighted by atomic mass is 10.3. The summed E-state index contributed by atoms with van der Waals surface area (Å²) in [6, 6.07) is 0. The Balaban J connectivity index is 2.61. The molecule has 0 unspecified atom stereocenters. The number of allylic oxidation sites excluding steroid dienone is 1. The molecule has 1 N–H and O–H groups in total. The van der Waals surface area contributed by atoms with E-state index in [1.807, 2.05) is 0 Å². The summed E-state index contributed by atoms with van der Waals surface area (Å²) in [4.78, 5) is 7.84. The van der Waals surface area contributed by atoms with E-state index in [2.05, 4.69) is 20.2 Å². The van der Waals surface area contributed by atoms with Crippen molar-refractivity contribution in [3.8, 4) is 0 Å². The van der Waals surface area contributed by atoms with Gasteiger partial charge in [0.1, 0.15) is 11.5 Å². The summed E-state index contributed by atoms with van der Waals surface area (Å²) in [7, 11) is 0. The number of hydrogen-bond acceptors (Lipinski definition) is 3. The SMILES string of the molecule is ClCC=Cc1[nH]nc2ncnc(Cl)c12. The van der Waals surface area contributed by atoms with Gasteiger partial charge in [-0.1, -0.05) is 17.7 Å². The van der Waals surface area contributed by atoms with Crippen molar-refractivity contribution in [3.05, 3.63) is 23.3 Å². The smallest absolute Gasteiger partial charge is 0.186 e. The number of hydrogen-bond donors (Lipinski definition) is 1. The molecular formula is C8H6Cl2N4. The van der Waals surface area contributed by atoms with Crippen molar-refractivity contribution in [2.24, 2.45) is 0 Å². The number of alkyl halides is 1. The summed E-state index contributed by atoms with van der Waals surface area (Å²) in [6.45, 7) is 0. The van der Waals surface area contributed by atoms with E-state index < -0.39 is 0 Å². The largest absolute Gasteiger partial charge is 0.276 e. The summed E-state index contributed by atoms with van der Waals surface area (Å²) in [6.07, 6.45) is 4.97. The van der Waals surface area contributed by atoms with Crippen molar-refractivity contribution in [1.29, 1.82) is 0 Å². The molecule has 4 nitrogen and oxygen atoms in total. The predicted molar refractivity (Wildman–Crippen MR) is 56.4 cm³/mol. The second kappa shape index (κ2) is 3.94. The van der Waals surface area contributed by atoms with Gasteiger partial charge < -0.3 is 0 Å². The van der Waals surface area contributed by atoms with Gasteiger partial charge in [-0.25, -0.2) is 9.97 Å². The number of nitrogens with one attached hydrogen (secondary N) is 1. The van der Waals surface area contributed by atoms with E-state index in [-0.39, 0.29) is 0 Å². The molecule has 0 aliphatic rings. The summed E-state index contributed by atoms with van der Waals surface area (Å²) in [5, 5.41) is 7.89. The molecule has 6 heteroatoms. The highest BCUT2D eigenvalue weighted by Crippen LogP contribution is 2.21. The first-order valence-corrected chi connectivity index (χ1v) is 4.81. The van der Waals surface area contributed by atoms with E-state index in [1.54, 1.807) is 12.2 Å². The van der Waals surface area contributed by atoms with Gasteiger partial charge in [-0.3, -0.25) is 5.10 Å². The van der Waals surface area contributed by atoms with Gasteiger partial charge in [0.05, 0.1) is 11.1 Å². The first-order chi connectivity index (χ1) is 6.83. The normalized spacial score (nSPS) is 11.6. The van der Waals surface area contributed by atoms with Crippen LogP contribution in [0.5, 0.6) is 0 Å². The highest BCUT2D eigenvalue weighted by Gasteiger charge is 2.07. The molecule has 2 heterocycles. The van der Waals surface area contributed by atoms with E-state index in [0.29, 0.717) is 16.7 Å². The summed E-state index contributed by atoms with van der Waals surface area (Å²) in [5.41, 5.74) is 1.32. The molecule has 2 rings (SSSR count). The van der Waals surface area contributed by atoms with Crippen LogP contribution in [0.25, 0.3) is 17.1 Å². The van der Waals surface area contributed by atoms with Crippen molar-refractivity contribution in [2.75, 3.05) is 5.88 Å².